The van der Waals surface area contributed by atoms with Crippen LogP contribution in [0.15, 0.2) is 36.7 Å². The van der Waals surface area contributed by atoms with Crippen LogP contribution >= 0.6 is 0 Å². The standard InChI is InChI=1S/C14H18N4O2/c1-10(14-16-6-7-17-14)18-13(19)5-8-20-12-4-2-3-11(15)9-12/h2-4,6-7,9-10H,5,8,15H2,1H3,(H,16,17)(H,18,19). The van der Waals surface area contributed by atoms with Crippen molar-refractivity contribution in [2.24, 2.45) is 0 Å². The first-order valence-electron chi connectivity index (χ1n) is 6.42. The van der Waals surface area contributed by atoms with Crippen LogP contribution in [-0.4, -0.2) is 22.5 Å². The number of nitrogens with zero attached hydrogens (tertiary/aromatic N) is 1. The highest BCUT2D eigenvalue weighted by atomic mass is 16.5. The predicted molar refractivity (Wildman–Crippen MR) is 76.1 cm³/mol. The Morgan fingerprint density at radius 2 is 2.40 bits per heavy atom. The number of rotatable bonds is 6. The molecule has 0 aliphatic rings. The average molecular weight is 274 g/mol. The van der Waals surface area contributed by atoms with Crippen LogP contribution in [-0.2, 0) is 4.79 Å². The first-order valence-corrected chi connectivity index (χ1v) is 6.42. The molecule has 1 atom stereocenters. The van der Waals surface area contributed by atoms with Crippen molar-refractivity contribution < 1.29 is 9.53 Å². The summed E-state index contributed by atoms with van der Waals surface area (Å²) in [7, 11) is 0. The summed E-state index contributed by atoms with van der Waals surface area (Å²) in [5.74, 6) is 1.31. The maximum absolute atomic E-state index is 11.7. The van der Waals surface area contributed by atoms with Gasteiger partial charge in [-0.2, -0.15) is 0 Å². The summed E-state index contributed by atoms with van der Waals surface area (Å²) < 4.78 is 5.47. The summed E-state index contributed by atoms with van der Waals surface area (Å²) in [4.78, 5) is 18.8. The van der Waals surface area contributed by atoms with Crippen molar-refractivity contribution in [1.29, 1.82) is 0 Å². The summed E-state index contributed by atoms with van der Waals surface area (Å²) in [6.07, 6.45) is 3.65. The Hall–Kier alpha value is -2.50. The van der Waals surface area contributed by atoms with Gasteiger partial charge in [-0.1, -0.05) is 6.07 Å². The third-order valence-electron chi connectivity index (χ3n) is 2.76. The van der Waals surface area contributed by atoms with Gasteiger partial charge in [0.1, 0.15) is 11.6 Å². The van der Waals surface area contributed by atoms with Gasteiger partial charge in [0, 0.05) is 24.1 Å². The van der Waals surface area contributed by atoms with E-state index in [1.165, 1.54) is 0 Å². The van der Waals surface area contributed by atoms with Crippen LogP contribution in [0.5, 0.6) is 5.75 Å². The number of nitrogen functional groups attached to an aromatic ring is 1. The minimum Gasteiger partial charge on any atom is -0.493 e. The number of anilines is 1. The highest BCUT2D eigenvalue weighted by Crippen LogP contribution is 2.14. The monoisotopic (exact) mass is 274 g/mol. The smallest absolute Gasteiger partial charge is 0.224 e. The van der Waals surface area contributed by atoms with Gasteiger partial charge in [-0.25, -0.2) is 4.98 Å². The normalized spacial score (nSPS) is 11.8. The molecule has 6 heteroatoms. The lowest BCUT2D eigenvalue weighted by Gasteiger charge is -2.12. The topological polar surface area (TPSA) is 93.0 Å². The van der Waals surface area contributed by atoms with Crippen LogP contribution in [0.2, 0.25) is 0 Å². The Balaban J connectivity index is 1.73. The summed E-state index contributed by atoms with van der Waals surface area (Å²) in [5, 5.41) is 2.84. The fraction of sp³-hybridized carbons (Fsp3) is 0.286. The number of imidazole rings is 1. The fourth-order valence-corrected chi connectivity index (χ4v) is 1.76. The number of aromatic amines is 1. The second kappa shape index (κ2) is 6.60. The molecule has 4 N–H and O–H groups in total. The van der Waals surface area contributed by atoms with E-state index < -0.39 is 0 Å². The van der Waals surface area contributed by atoms with E-state index in [0.717, 1.165) is 5.82 Å². The molecule has 1 unspecified atom stereocenters. The van der Waals surface area contributed by atoms with Gasteiger partial charge in [0.15, 0.2) is 0 Å². The molecular weight excluding hydrogens is 256 g/mol. The third-order valence-corrected chi connectivity index (χ3v) is 2.76. The van der Waals surface area contributed by atoms with Crippen molar-refractivity contribution >= 4 is 11.6 Å². The molecule has 1 amide bonds. The largest absolute Gasteiger partial charge is 0.493 e. The lowest BCUT2D eigenvalue weighted by molar-refractivity contribution is -0.122. The zero-order valence-corrected chi connectivity index (χ0v) is 11.3. The average Bonchev–Trinajstić information content (AvgIpc) is 2.92. The second-order valence-corrected chi connectivity index (χ2v) is 4.43. The lowest BCUT2D eigenvalue weighted by atomic mass is 10.3. The van der Waals surface area contributed by atoms with E-state index in [-0.39, 0.29) is 18.4 Å². The number of nitrogens with one attached hydrogen (secondary N) is 2. The number of carbonyl (C=O) groups excluding carboxylic acids is 1. The Morgan fingerprint density at radius 3 is 3.10 bits per heavy atom. The first kappa shape index (κ1) is 13.9. The molecule has 0 bridgehead atoms. The van der Waals surface area contributed by atoms with Crippen molar-refractivity contribution in [1.82, 2.24) is 15.3 Å². The molecule has 0 saturated heterocycles. The highest BCUT2D eigenvalue weighted by molar-refractivity contribution is 5.76. The Bertz CT molecular complexity index is 554. The molecule has 0 aliphatic carbocycles. The number of hydrogen-bond acceptors (Lipinski definition) is 4. The van der Waals surface area contributed by atoms with Gasteiger partial charge in [-0.3, -0.25) is 4.79 Å². The van der Waals surface area contributed by atoms with Crippen LogP contribution in [0, 0.1) is 0 Å². The van der Waals surface area contributed by atoms with E-state index in [0.29, 0.717) is 18.0 Å². The van der Waals surface area contributed by atoms with E-state index in [1.807, 2.05) is 13.0 Å². The summed E-state index contributed by atoms with van der Waals surface area (Å²) >= 11 is 0. The number of aromatic nitrogens is 2. The van der Waals surface area contributed by atoms with E-state index in [1.54, 1.807) is 30.6 Å². The van der Waals surface area contributed by atoms with Crippen molar-refractivity contribution in [2.75, 3.05) is 12.3 Å². The molecule has 106 valence electrons. The number of H-pyrrole nitrogens is 1. The van der Waals surface area contributed by atoms with E-state index in [2.05, 4.69) is 15.3 Å². The number of nitrogens with two attached hydrogens (primary N) is 1. The third kappa shape index (κ3) is 4.01. The number of benzene rings is 1. The molecule has 1 aromatic heterocycles. The molecule has 20 heavy (non-hydrogen) atoms. The summed E-state index contributed by atoms with van der Waals surface area (Å²) in [6.45, 7) is 2.18. The Kier molecular flexibility index (Phi) is 4.60. The van der Waals surface area contributed by atoms with Crippen molar-refractivity contribution in [3.05, 3.63) is 42.5 Å². The molecule has 2 rings (SSSR count). The number of amides is 1. The summed E-state index contributed by atoms with van der Waals surface area (Å²) in [6, 6.07) is 6.97. The molecule has 0 spiro atoms. The first-order chi connectivity index (χ1) is 9.65. The maximum atomic E-state index is 11.7. The second-order valence-electron chi connectivity index (χ2n) is 4.43. The van der Waals surface area contributed by atoms with Crippen LogP contribution in [0.4, 0.5) is 5.69 Å². The SMILES string of the molecule is CC(NC(=O)CCOc1cccc(N)c1)c1ncc[nH]1. The van der Waals surface area contributed by atoms with Gasteiger partial charge in [0.25, 0.3) is 0 Å². The van der Waals surface area contributed by atoms with Crippen LogP contribution < -0.4 is 15.8 Å². The van der Waals surface area contributed by atoms with Gasteiger partial charge in [-0.05, 0) is 19.1 Å². The molecule has 0 fully saturated rings. The fourth-order valence-electron chi connectivity index (χ4n) is 1.76. The molecule has 6 nitrogen and oxygen atoms in total. The van der Waals surface area contributed by atoms with Crippen LogP contribution in [0.1, 0.15) is 25.2 Å². The van der Waals surface area contributed by atoms with Gasteiger partial charge in [0.05, 0.1) is 19.1 Å². The van der Waals surface area contributed by atoms with Gasteiger partial charge >= 0.3 is 0 Å². The lowest BCUT2D eigenvalue weighted by Crippen LogP contribution is -2.28. The molecule has 1 heterocycles. The molecule has 1 aromatic carbocycles. The van der Waals surface area contributed by atoms with E-state index >= 15 is 0 Å². The molecule has 0 radical (unpaired) electrons. The highest BCUT2D eigenvalue weighted by Gasteiger charge is 2.11. The minimum absolute atomic E-state index is 0.0854. The zero-order valence-electron chi connectivity index (χ0n) is 11.3. The molecule has 0 aliphatic heterocycles. The van der Waals surface area contributed by atoms with E-state index in [9.17, 15) is 4.79 Å². The van der Waals surface area contributed by atoms with Gasteiger partial charge < -0.3 is 20.8 Å². The zero-order chi connectivity index (χ0) is 14.4. The van der Waals surface area contributed by atoms with Gasteiger partial charge in [-0.15, -0.1) is 0 Å². The number of carbonyl (C=O) groups is 1. The Morgan fingerprint density at radius 1 is 1.55 bits per heavy atom. The molecular formula is C14H18N4O2. The number of hydrogen-bond donors (Lipinski definition) is 3. The van der Waals surface area contributed by atoms with Gasteiger partial charge in [0.2, 0.25) is 5.91 Å². The number of ether oxygens (including phenoxy) is 1. The van der Waals surface area contributed by atoms with Crippen LogP contribution in [0.3, 0.4) is 0 Å². The molecule has 2 aromatic rings. The summed E-state index contributed by atoms with van der Waals surface area (Å²) in [5.41, 5.74) is 6.28. The van der Waals surface area contributed by atoms with E-state index in [4.69, 9.17) is 10.5 Å². The minimum atomic E-state index is -0.148. The van der Waals surface area contributed by atoms with Crippen molar-refractivity contribution in [2.45, 2.75) is 19.4 Å². The van der Waals surface area contributed by atoms with Crippen molar-refractivity contribution in [3.63, 3.8) is 0 Å². The quantitative estimate of drug-likeness (QED) is 0.698. The Labute approximate surface area is 117 Å². The maximum Gasteiger partial charge on any atom is 0.224 e. The predicted octanol–water partition coefficient (Wildman–Crippen LogP) is 1.64. The van der Waals surface area contributed by atoms with Crippen LogP contribution in [0.25, 0.3) is 0 Å². The van der Waals surface area contributed by atoms with Crippen molar-refractivity contribution in [3.8, 4) is 5.75 Å². The molecule has 0 saturated carbocycles.